The van der Waals surface area contributed by atoms with Gasteiger partial charge in [-0.05, 0) is 68.7 Å². The van der Waals surface area contributed by atoms with Crippen LogP contribution in [0.4, 0.5) is 5.69 Å². The van der Waals surface area contributed by atoms with Crippen molar-refractivity contribution in [3.8, 4) is 0 Å². The number of hydrogen-bond donors (Lipinski definition) is 3. The average molecular weight is 444 g/mol. The van der Waals surface area contributed by atoms with Crippen LogP contribution in [0.25, 0.3) is 0 Å². The molecule has 3 rings (SSSR count). The maximum atomic E-state index is 9.64. The minimum absolute atomic E-state index is 0.0944. The predicted molar refractivity (Wildman–Crippen MR) is 136 cm³/mol. The summed E-state index contributed by atoms with van der Waals surface area (Å²) in [4.78, 5) is 9.78. The van der Waals surface area contributed by atoms with Crippen LogP contribution in [-0.2, 0) is 5.41 Å². The molecule has 0 spiro atoms. The number of anilines is 1. The lowest BCUT2D eigenvalue weighted by Crippen LogP contribution is -2.48. The molecule has 0 aliphatic carbocycles. The van der Waals surface area contributed by atoms with Crippen molar-refractivity contribution in [3.63, 3.8) is 0 Å². The summed E-state index contributed by atoms with van der Waals surface area (Å²) >= 11 is 0. The molecule has 2 heterocycles. The van der Waals surface area contributed by atoms with Gasteiger partial charge >= 0.3 is 0 Å². The minimum atomic E-state index is -0.0944. The summed E-state index contributed by atoms with van der Waals surface area (Å²) in [7, 11) is 0. The van der Waals surface area contributed by atoms with Crippen molar-refractivity contribution in [1.29, 1.82) is 0 Å². The molecule has 0 amide bonds. The van der Waals surface area contributed by atoms with Crippen LogP contribution < -0.4 is 15.5 Å². The molecular weight excluding hydrogens is 398 g/mol. The second kappa shape index (κ2) is 11.9. The average Bonchev–Trinajstić information content (AvgIpc) is 2.78. The summed E-state index contributed by atoms with van der Waals surface area (Å²) < 4.78 is 0. The zero-order valence-electron chi connectivity index (χ0n) is 20.7. The van der Waals surface area contributed by atoms with Crippen LogP contribution in [0.3, 0.4) is 0 Å². The number of benzene rings is 1. The van der Waals surface area contributed by atoms with Crippen molar-refractivity contribution in [2.45, 2.75) is 77.4 Å². The predicted octanol–water partition coefficient (Wildman–Crippen LogP) is 3.35. The van der Waals surface area contributed by atoms with E-state index in [1.54, 1.807) is 0 Å². The molecule has 3 N–H and O–H groups in total. The second-order valence-electron chi connectivity index (χ2n) is 10.4. The van der Waals surface area contributed by atoms with E-state index in [2.05, 4.69) is 72.4 Å². The molecule has 0 unspecified atom stereocenters. The van der Waals surface area contributed by atoms with Gasteiger partial charge in [0.25, 0.3) is 0 Å². The van der Waals surface area contributed by atoms with Gasteiger partial charge in [0.2, 0.25) is 0 Å². The topological polar surface area (TPSA) is 63.1 Å². The van der Waals surface area contributed by atoms with Gasteiger partial charge < -0.3 is 25.5 Å². The fourth-order valence-electron chi connectivity index (χ4n) is 4.60. The molecule has 0 saturated carbocycles. The smallest absolute Gasteiger partial charge is 0.191 e. The summed E-state index contributed by atoms with van der Waals surface area (Å²) in [6.07, 6.45) is 5.04. The number of aliphatic imine (C=N–C) groups is 1. The Morgan fingerprint density at radius 1 is 1.03 bits per heavy atom. The summed E-state index contributed by atoms with van der Waals surface area (Å²) in [6, 6.07) is 9.59. The Morgan fingerprint density at radius 2 is 1.69 bits per heavy atom. The van der Waals surface area contributed by atoms with Crippen molar-refractivity contribution in [2.75, 3.05) is 50.7 Å². The quantitative estimate of drug-likeness (QED) is 0.343. The Morgan fingerprint density at radius 3 is 2.28 bits per heavy atom. The Hall–Kier alpha value is -1.79. The lowest BCUT2D eigenvalue weighted by molar-refractivity contribution is 0.0824. The largest absolute Gasteiger partial charge is 0.393 e. The third-order valence-corrected chi connectivity index (χ3v) is 6.74. The fourth-order valence-corrected chi connectivity index (χ4v) is 4.60. The number of nitrogens with one attached hydrogen (secondary N) is 2. The first-order chi connectivity index (χ1) is 15.3. The van der Waals surface area contributed by atoms with Crippen LogP contribution in [0.1, 0.15) is 65.4 Å². The highest BCUT2D eigenvalue weighted by Gasteiger charge is 2.21. The monoisotopic (exact) mass is 443 g/mol. The highest BCUT2D eigenvalue weighted by atomic mass is 16.3. The van der Waals surface area contributed by atoms with Gasteiger partial charge in [-0.1, -0.05) is 32.9 Å². The molecule has 1 aromatic carbocycles. The molecule has 32 heavy (non-hydrogen) atoms. The Balaban J connectivity index is 1.41. The van der Waals surface area contributed by atoms with E-state index in [0.717, 1.165) is 83.9 Å². The molecule has 1 aromatic rings. The molecule has 2 aliphatic rings. The first-order valence-corrected chi connectivity index (χ1v) is 12.7. The normalized spacial score (nSPS) is 19.9. The standard InChI is InChI=1S/C26H45N5O/c1-5-27-25(28-15-6-16-30-17-13-24(32)14-18-30)29-22-11-19-31(20-12-22)23-9-7-21(8-10-23)26(2,3)4/h7-10,22,24,32H,5-6,11-20H2,1-4H3,(H2,27,28,29). The van der Waals surface area contributed by atoms with Gasteiger partial charge in [-0.15, -0.1) is 0 Å². The number of aliphatic hydroxyl groups excluding tert-OH is 1. The summed E-state index contributed by atoms with van der Waals surface area (Å²) in [5.74, 6) is 0.953. The molecule has 0 atom stereocenters. The molecule has 2 aliphatic heterocycles. The fraction of sp³-hybridized carbons (Fsp3) is 0.731. The highest BCUT2D eigenvalue weighted by molar-refractivity contribution is 5.80. The lowest BCUT2D eigenvalue weighted by Gasteiger charge is -2.35. The van der Waals surface area contributed by atoms with Gasteiger partial charge in [-0.2, -0.15) is 0 Å². The van der Waals surface area contributed by atoms with Crippen LogP contribution in [0.2, 0.25) is 0 Å². The number of guanidine groups is 1. The maximum Gasteiger partial charge on any atom is 0.191 e. The molecule has 0 bridgehead atoms. The summed E-state index contributed by atoms with van der Waals surface area (Å²) in [5.41, 5.74) is 2.93. The zero-order chi connectivity index (χ0) is 23.0. The molecule has 2 saturated heterocycles. The molecule has 2 fully saturated rings. The van der Waals surface area contributed by atoms with Crippen molar-refractivity contribution < 1.29 is 5.11 Å². The van der Waals surface area contributed by atoms with Gasteiger partial charge in [-0.25, -0.2) is 0 Å². The highest BCUT2D eigenvalue weighted by Crippen LogP contribution is 2.26. The van der Waals surface area contributed by atoms with Gasteiger partial charge in [0.15, 0.2) is 5.96 Å². The first-order valence-electron chi connectivity index (χ1n) is 12.7. The van der Waals surface area contributed by atoms with Crippen LogP contribution in [0.5, 0.6) is 0 Å². The molecular formula is C26H45N5O. The summed E-state index contributed by atoms with van der Waals surface area (Å²) in [6.45, 7) is 15.9. The molecule has 0 aromatic heterocycles. The van der Waals surface area contributed by atoms with Gasteiger partial charge in [0.1, 0.15) is 0 Å². The third kappa shape index (κ3) is 7.66. The summed E-state index contributed by atoms with van der Waals surface area (Å²) in [5, 5.41) is 16.7. The molecule has 180 valence electrons. The van der Waals surface area contributed by atoms with E-state index < -0.39 is 0 Å². The number of nitrogens with zero attached hydrogens (tertiary/aromatic N) is 3. The Labute approximate surface area is 195 Å². The Bertz CT molecular complexity index is 696. The molecule has 0 radical (unpaired) electrons. The molecule has 6 nitrogen and oxygen atoms in total. The van der Waals surface area contributed by atoms with E-state index in [-0.39, 0.29) is 11.5 Å². The van der Waals surface area contributed by atoms with E-state index in [9.17, 15) is 5.11 Å². The van der Waals surface area contributed by atoms with Gasteiger partial charge in [-0.3, -0.25) is 4.99 Å². The zero-order valence-corrected chi connectivity index (χ0v) is 20.7. The lowest BCUT2D eigenvalue weighted by atomic mass is 9.87. The number of piperidine rings is 2. The van der Waals surface area contributed by atoms with E-state index >= 15 is 0 Å². The second-order valence-corrected chi connectivity index (χ2v) is 10.4. The van der Waals surface area contributed by atoms with Crippen LogP contribution in [-0.4, -0.2) is 73.9 Å². The van der Waals surface area contributed by atoms with E-state index in [4.69, 9.17) is 4.99 Å². The third-order valence-electron chi connectivity index (χ3n) is 6.74. The maximum absolute atomic E-state index is 9.64. The van der Waals surface area contributed by atoms with Gasteiger partial charge in [0.05, 0.1) is 6.10 Å². The van der Waals surface area contributed by atoms with Crippen molar-refractivity contribution >= 4 is 11.6 Å². The van der Waals surface area contributed by atoms with E-state index in [0.29, 0.717) is 6.04 Å². The Kier molecular flexibility index (Phi) is 9.23. The SMILES string of the molecule is CCNC(=NCCCN1CCC(O)CC1)NC1CCN(c2ccc(C(C)(C)C)cc2)CC1. The van der Waals surface area contributed by atoms with E-state index in [1.807, 2.05) is 0 Å². The first kappa shape index (κ1) is 24.8. The van der Waals surface area contributed by atoms with Crippen molar-refractivity contribution in [3.05, 3.63) is 29.8 Å². The van der Waals surface area contributed by atoms with Crippen LogP contribution >= 0.6 is 0 Å². The number of likely N-dealkylation sites (tertiary alicyclic amines) is 1. The molecule has 6 heteroatoms. The van der Waals surface area contributed by atoms with Crippen molar-refractivity contribution in [2.24, 2.45) is 4.99 Å². The van der Waals surface area contributed by atoms with Crippen LogP contribution in [0.15, 0.2) is 29.3 Å². The number of aliphatic hydroxyl groups is 1. The van der Waals surface area contributed by atoms with E-state index in [1.165, 1.54) is 11.3 Å². The number of hydrogen-bond acceptors (Lipinski definition) is 4. The van der Waals surface area contributed by atoms with Gasteiger partial charge in [0, 0.05) is 51.0 Å². The van der Waals surface area contributed by atoms with Crippen LogP contribution in [0, 0.1) is 0 Å². The van der Waals surface area contributed by atoms with Crippen molar-refractivity contribution in [1.82, 2.24) is 15.5 Å². The minimum Gasteiger partial charge on any atom is -0.393 e. The number of rotatable bonds is 7.